The number of rotatable bonds is 1. The van der Waals surface area contributed by atoms with Gasteiger partial charge >= 0.3 is 0 Å². The van der Waals surface area contributed by atoms with Crippen LogP contribution in [0.15, 0.2) is 17.3 Å². The van der Waals surface area contributed by atoms with E-state index in [-0.39, 0.29) is 5.66 Å². The Balaban J connectivity index is 2.63. The first kappa shape index (κ1) is 6.33. The predicted octanol–water partition coefficient (Wildman–Crippen LogP) is 1.30. The van der Waals surface area contributed by atoms with E-state index in [9.17, 15) is 0 Å². The van der Waals surface area contributed by atoms with Gasteiger partial charge in [0.1, 0.15) is 5.66 Å². The minimum absolute atomic E-state index is 0.0469. The van der Waals surface area contributed by atoms with Crippen LogP contribution in [0.3, 0.4) is 0 Å². The summed E-state index contributed by atoms with van der Waals surface area (Å²) >= 11 is 0. The van der Waals surface area contributed by atoms with Crippen molar-refractivity contribution >= 4 is 6.21 Å². The van der Waals surface area contributed by atoms with Crippen molar-refractivity contribution in [3.05, 3.63) is 12.3 Å². The minimum atomic E-state index is -0.0469. The third-order valence-corrected chi connectivity index (χ3v) is 1.62. The molecule has 0 aromatic carbocycles. The van der Waals surface area contributed by atoms with Crippen molar-refractivity contribution < 1.29 is 0 Å². The number of allylic oxidation sites excluding steroid dienone is 1. The molecule has 0 aliphatic carbocycles. The largest absolute Gasteiger partial charge is 0.368 e. The fourth-order valence-electron chi connectivity index (χ4n) is 0.709. The van der Waals surface area contributed by atoms with Crippen LogP contribution in [-0.4, -0.2) is 11.9 Å². The molecule has 0 radical (unpaired) electrons. The highest BCUT2D eigenvalue weighted by atomic mass is 15.1. The highest BCUT2D eigenvalue weighted by Crippen LogP contribution is 2.11. The maximum Gasteiger partial charge on any atom is 0.126 e. The molecule has 1 heterocycles. The molecule has 50 valence electrons. The van der Waals surface area contributed by atoms with E-state index >= 15 is 0 Å². The number of aliphatic imine (C=N–C) groups is 1. The van der Waals surface area contributed by atoms with Crippen molar-refractivity contribution in [2.24, 2.45) is 4.99 Å². The summed E-state index contributed by atoms with van der Waals surface area (Å²) in [6.07, 6.45) is 6.68. The van der Waals surface area contributed by atoms with Crippen LogP contribution in [0.2, 0.25) is 0 Å². The zero-order chi connectivity index (χ0) is 6.74. The molecule has 0 spiro atoms. The summed E-state index contributed by atoms with van der Waals surface area (Å²) in [5.74, 6) is 0. The van der Waals surface area contributed by atoms with E-state index in [1.807, 2.05) is 18.5 Å². The normalized spacial score (nSPS) is 32.2. The standard InChI is InChI=1S/C7H12N2/c1-3-7(2)8-5-4-6-9-7/h4-6,8H,3H2,1-2H3. The van der Waals surface area contributed by atoms with Crippen LogP contribution >= 0.6 is 0 Å². The first-order valence-corrected chi connectivity index (χ1v) is 3.25. The SMILES string of the molecule is CCC1(C)N=CC=CN1. The minimum Gasteiger partial charge on any atom is -0.368 e. The van der Waals surface area contributed by atoms with Crippen LogP contribution in [0.25, 0.3) is 0 Å². The van der Waals surface area contributed by atoms with Gasteiger partial charge in [-0.2, -0.15) is 0 Å². The van der Waals surface area contributed by atoms with Crippen molar-refractivity contribution in [1.29, 1.82) is 0 Å². The molecule has 0 bridgehead atoms. The molecule has 0 saturated heterocycles. The Morgan fingerprint density at radius 1 is 1.67 bits per heavy atom. The molecule has 1 atom stereocenters. The van der Waals surface area contributed by atoms with Gasteiger partial charge in [0.2, 0.25) is 0 Å². The second-order valence-electron chi connectivity index (χ2n) is 2.41. The second-order valence-corrected chi connectivity index (χ2v) is 2.41. The van der Waals surface area contributed by atoms with Gasteiger partial charge in [-0.15, -0.1) is 0 Å². The average Bonchev–Trinajstić information content (AvgIpc) is 1.90. The van der Waals surface area contributed by atoms with Gasteiger partial charge in [-0.25, -0.2) is 0 Å². The third kappa shape index (κ3) is 1.31. The van der Waals surface area contributed by atoms with E-state index in [0.717, 1.165) is 6.42 Å². The fourth-order valence-corrected chi connectivity index (χ4v) is 0.709. The number of hydrogen-bond donors (Lipinski definition) is 1. The van der Waals surface area contributed by atoms with E-state index in [4.69, 9.17) is 0 Å². The van der Waals surface area contributed by atoms with Crippen LogP contribution in [0.4, 0.5) is 0 Å². The summed E-state index contributed by atoms with van der Waals surface area (Å²) in [6.45, 7) is 4.19. The lowest BCUT2D eigenvalue weighted by atomic mass is 10.1. The molecular formula is C7H12N2. The number of nitrogens with zero attached hydrogens (tertiary/aromatic N) is 1. The zero-order valence-electron chi connectivity index (χ0n) is 5.89. The molecular weight excluding hydrogens is 112 g/mol. The van der Waals surface area contributed by atoms with E-state index in [1.54, 1.807) is 0 Å². The zero-order valence-corrected chi connectivity index (χ0v) is 5.89. The maximum absolute atomic E-state index is 4.26. The van der Waals surface area contributed by atoms with Gasteiger partial charge in [-0.05, 0) is 25.6 Å². The Hall–Kier alpha value is -0.790. The van der Waals surface area contributed by atoms with Crippen molar-refractivity contribution in [2.75, 3.05) is 0 Å². The summed E-state index contributed by atoms with van der Waals surface area (Å²) in [4.78, 5) is 4.26. The van der Waals surface area contributed by atoms with Crippen molar-refractivity contribution in [1.82, 2.24) is 5.32 Å². The molecule has 0 aromatic heterocycles. The summed E-state index contributed by atoms with van der Waals surface area (Å²) in [6, 6.07) is 0. The average molecular weight is 124 g/mol. The van der Waals surface area contributed by atoms with Gasteiger partial charge in [0.15, 0.2) is 0 Å². The molecule has 1 rings (SSSR count). The second kappa shape index (κ2) is 2.21. The smallest absolute Gasteiger partial charge is 0.126 e. The molecule has 9 heavy (non-hydrogen) atoms. The van der Waals surface area contributed by atoms with Gasteiger partial charge < -0.3 is 5.32 Å². The van der Waals surface area contributed by atoms with Gasteiger partial charge in [0, 0.05) is 6.21 Å². The van der Waals surface area contributed by atoms with Crippen molar-refractivity contribution in [3.63, 3.8) is 0 Å². The van der Waals surface area contributed by atoms with Gasteiger partial charge in [-0.1, -0.05) is 6.92 Å². The first-order chi connectivity index (χ1) is 4.27. The molecule has 0 fully saturated rings. The Labute approximate surface area is 55.7 Å². The van der Waals surface area contributed by atoms with Gasteiger partial charge in [-0.3, -0.25) is 4.99 Å². The van der Waals surface area contributed by atoms with Crippen LogP contribution in [0.5, 0.6) is 0 Å². The van der Waals surface area contributed by atoms with E-state index in [2.05, 4.69) is 24.2 Å². The molecule has 0 amide bonds. The number of nitrogens with one attached hydrogen (secondary N) is 1. The van der Waals surface area contributed by atoms with Crippen LogP contribution in [-0.2, 0) is 0 Å². The molecule has 1 N–H and O–H groups in total. The predicted molar refractivity (Wildman–Crippen MR) is 39.5 cm³/mol. The quantitative estimate of drug-likeness (QED) is 0.559. The molecule has 2 nitrogen and oxygen atoms in total. The topological polar surface area (TPSA) is 24.4 Å². The molecule has 2 heteroatoms. The fraction of sp³-hybridized carbons (Fsp3) is 0.571. The van der Waals surface area contributed by atoms with Crippen LogP contribution in [0.1, 0.15) is 20.3 Å². The lowest BCUT2D eigenvalue weighted by Gasteiger charge is -2.25. The molecule has 0 saturated carbocycles. The molecule has 1 aliphatic rings. The van der Waals surface area contributed by atoms with E-state index in [0.29, 0.717) is 0 Å². The Morgan fingerprint density at radius 3 is 2.78 bits per heavy atom. The van der Waals surface area contributed by atoms with E-state index in [1.165, 1.54) is 0 Å². The number of hydrogen-bond acceptors (Lipinski definition) is 2. The maximum atomic E-state index is 4.26. The highest BCUT2D eigenvalue weighted by molar-refractivity contribution is 5.72. The van der Waals surface area contributed by atoms with E-state index < -0.39 is 0 Å². The highest BCUT2D eigenvalue weighted by Gasteiger charge is 2.17. The molecule has 1 aliphatic heterocycles. The lowest BCUT2D eigenvalue weighted by Crippen LogP contribution is -2.37. The van der Waals surface area contributed by atoms with Crippen molar-refractivity contribution in [3.8, 4) is 0 Å². The van der Waals surface area contributed by atoms with Gasteiger partial charge in [0.05, 0.1) is 0 Å². The summed E-state index contributed by atoms with van der Waals surface area (Å²) in [7, 11) is 0. The molecule has 1 unspecified atom stereocenters. The first-order valence-electron chi connectivity index (χ1n) is 3.25. The Bertz CT molecular complexity index is 149. The monoisotopic (exact) mass is 124 g/mol. The summed E-state index contributed by atoms with van der Waals surface area (Å²) in [5.41, 5.74) is -0.0469. The Kier molecular flexibility index (Phi) is 1.56. The van der Waals surface area contributed by atoms with Crippen LogP contribution in [0, 0.1) is 0 Å². The third-order valence-electron chi connectivity index (χ3n) is 1.62. The van der Waals surface area contributed by atoms with Crippen LogP contribution < -0.4 is 5.32 Å². The Morgan fingerprint density at radius 2 is 2.44 bits per heavy atom. The summed E-state index contributed by atoms with van der Waals surface area (Å²) in [5, 5.41) is 3.17. The summed E-state index contributed by atoms with van der Waals surface area (Å²) < 4.78 is 0. The molecule has 0 aromatic rings. The van der Waals surface area contributed by atoms with Crippen molar-refractivity contribution in [2.45, 2.75) is 25.9 Å². The van der Waals surface area contributed by atoms with Gasteiger partial charge in [0.25, 0.3) is 0 Å². The lowest BCUT2D eigenvalue weighted by molar-refractivity contribution is 0.406.